The maximum absolute atomic E-state index is 12.9. The van der Waals surface area contributed by atoms with Crippen molar-refractivity contribution < 1.29 is 4.79 Å². The van der Waals surface area contributed by atoms with E-state index in [0.717, 1.165) is 62.0 Å². The predicted molar refractivity (Wildman–Crippen MR) is 109 cm³/mol. The zero-order chi connectivity index (χ0) is 19.2. The lowest BCUT2D eigenvalue weighted by molar-refractivity contribution is 0.0947. The molecule has 1 aliphatic rings. The molecule has 27 heavy (non-hydrogen) atoms. The number of nitrogens with zero attached hydrogens (tertiary/aromatic N) is 3. The fourth-order valence-electron chi connectivity index (χ4n) is 3.67. The van der Waals surface area contributed by atoms with Gasteiger partial charge in [0.25, 0.3) is 5.91 Å². The lowest BCUT2D eigenvalue weighted by Gasteiger charge is -2.26. The SMILES string of the molecule is CCC(CC)CNC(=O)c1cnc2c(cnn2CC)c1NC1CCNCC1. The van der Waals surface area contributed by atoms with Crippen LogP contribution in [0.3, 0.4) is 0 Å². The molecular weight excluding hydrogens is 340 g/mol. The highest BCUT2D eigenvalue weighted by Crippen LogP contribution is 2.28. The van der Waals surface area contributed by atoms with Gasteiger partial charge in [0.05, 0.1) is 22.8 Å². The summed E-state index contributed by atoms with van der Waals surface area (Å²) in [5.74, 6) is 0.450. The van der Waals surface area contributed by atoms with Gasteiger partial charge in [0, 0.05) is 25.3 Å². The van der Waals surface area contributed by atoms with Crippen LogP contribution in [0.5, 0.6) is 0 Å². The maximum atomic E-state index is 12.9. The van der Waals surface area contributed by atoms with Crippen molar-refractivity contribution in [3.63, 3.8) is 0 Å². The molecule has 3 heterocycles. The number of anilines is 1. The van der Waals surface area contributed by atoms with Crippen LogP contribution in [0.1, 0.15) is 56.8 Å². The van der Waals surface area contributed by atoms with Gasteiger partial charge in [-0.3, -0.25) is 4.79 Å². The number of piperidine rings is 1. The van der Waals surface area contributed by atoms with Gasteiger partial charge in [-0.2, -0.15) is 5.10 Å². The third kappa shape index (κ3) is 4.40. The summed E-state index contributed by atoms with van der Waals surface area (Å²) in [5.41, 5.74) is 2.31. The number of aryl methyl sites for hydroxylation is 1. The monoisotopic (exact) mass is 372 g/mol. The van der Waals surface area contributed by atoms with Crippen LogP contribution in [-0.2, 0) is 6.54 Å². The third-order valence-electron chi connectivity index (χ3n) is 5.60. The van der Waals surface area contributed by atoms with Gasteiger partial charge in [0.1, 0.15) is 0 Å². The van der Waals surface area contributed by atoms with E-state index in [-0.39, 0.29) is 5.91 Å². The molecular formula is C20H32N6O. The molecule has 0 aliphatic carbocycles. The van der Waals surface area contributed by atoms with Crippen LogP contribution in [0.25, 0.3) is 11.0 Å². The average Bonchev–Trinajstić information content (AvgIpc) is 3.13. The van der Waals surface area contributed by atoms with E-state index in [4.69, 9.17) is 0 Å². The molecule has 3 N–H and O–H groups in total. The predicted octanol–water partition coefficient (Wildman–Crippen LogP) is 2.78. The fourth-order valence-corrected chi connectivity index (χ4v) is 3.67. The fraction of sp³-hybridized carbons (Fsp3) is 0.650. The second kappa shape index (κ2) is 9.17. The highest BCUT2D eigenvalue weighted by atomic mass is 16.1. The normalized spacial score (nSPS) is 15.4. The van der Waals surface area contributed by atoms with Crippen molar-refractivity contribution in [1.29, 1.82) is 0 Å². The van der Waals surface area contributed by atoms with Crippen molar-refractivity contribution in [2.24, 2.45) is 5.92 Å². The van der Waals surface area contributed by atoms with Gasteiger partial charge in [-0.1, -0.05) is 26.7 Å². The van der Waals surface area contributed by atoms with Crippen LogP contribution < -0.4 is 16.0 Å². The number of nitrogens with one attached hydrogen (secondary N) is 3. The first-order chi connectivity index (χ1) is 13.2. The molecule has 1 saturated heterocycles. The standard InChI is InChI=1S/C20H32N6O/c1-4-14(5-2)11-23-20(27)17-12-22-19-16(13-24-26(19)6-3)18(17)25-15-7-9-21-10-8-15/h12-15,21H,4-11H2,1-3H3,(H,22,25)(H,23,27). The number of carbonyl (C=O) groups is 1. The topological polar surface area (TPSA) is 83.9 Å². The van der Waals surface area contributed by atoms with Crippen LogP contribution in [0, 0.1) is 5.92 Å². The van der Waals surface area contributed by atoms with Gasteiger partial charge in [0.15, 0.2) is 5.65 Å². The van der Waals surface area contributed by atoms with Gasteiger partial charge in [-0.15, -0.1) is 0 Å². The van der Waals surface area contributed by atoms with Gasteiger partial charge < -0.3 is 16.0 Å². The zero-order valence-electron chi connectivity index (χ0n) is 16.7. The van der Waals surface area contributed by atoms with E-state index in [9.17, 15) is 4.79 Å². The molecule has 1 amide bonds. The molecule has 1 aliphatic heterocycles. The van der Waals surface area contributed by atoms with Crippen LogP contribution in [0.4, 0.5) is 5.69 Å². The summed E-state index contributed by atoms with van der Waals surface area (Å²) in [6.45, 7) is 9.82. The molecule has 148 valence electrons. The van der Waals surface area contributed by atoms with Crippen molar-refractivity contribution >= 4 is 22.6 Å². The Morgan fingerprint density at radius 3 is 2.67 bits per heavy atom. The Labute approximate surface area is 161 Å². The van der Waals surface area contributed by atoms with Crippen molar-refractivity contribution in [1.82, 2.24) is 25.4 Å². The number of rotatable bonds is 8. The molecule has 1 fully saturated rings. The third-order valence-corrected chi connectivity index (χ3v) is 5.60. The summed E-state index contributed by atoms with van der Waals surface area (Å²) in [4.78, 5) is 17.5. The quantitative estimate of drug-likeness (QED) is 0.664. The van der Waals surface area contributed by atoms with E-state index in [0.29, 0.717) is 24.1 Å². The summed E-state index contributed by atoms with van der Waals surface area (Å²) in [6, 6.07) is 0.354. The molecule has 0 bridgehead atoms. The molecule has 0 aromatic carbocycles. The van der Waals surface area contributed by atoms with E-state index in [2.05, 4.69) is 39.9 Å². The van der Waals surface area contributed by atoms with Crippen molar-refractivity contribution in [3.8, 4) is 0 Å². The second-order valence-corrected chi connectivity index (χ2v) is 7.31. The van der Waals surface area contributed by atoms with Gasteiger partial charge in [0.2, 0.25) is 0 Å². The number of carbonyl (C=O) groups excluding carboxylic acids is 1. The Balaban J connectivity index is 1.90. The van der Waals surface area contributed by atoms with Crippen LogP contribution in [-0.4, -0.2) is 46.3 Å². The lowest BCUT2D eigenvalue weighted by atomic mass is 10.0. The molecule has 0 atom stereocenters. The summed E-state index contributed by atoms with van der Waals surface area (Å²) < 4.78 is 1.87. The molecule has 3 rings (SSSR count). The number of fused-ring (bicyclic) bond motifs is 1. The molecule has 0 spiro atoms. The van der Waals surface area contributed by atoms with E-state index in [1.54, 1.807) is 6.20 Å². The van der Waals surface area contributed by atoms with Gasteiger partial charge in [-0.05, 0) is 38.8 Å². The largest absolute Gasteiger partial charge is 0.381 e. The van der Waals surface area contributed by atoms with Gasteiger partial charge in [-0.25, -0.2) is 9.67 Å². The number of hydrogen-bond acceptors (Lipinski definition) is 5. The van der Waals surface area contributed by atoms with E-state index in [1.165, 1.54) is 0 Å². The first-order valence-corrected chi connectivity index (χ1v) is 10.3. The summed E-state index contributed by atoms with van der Waals surface area (Å²) in [6.07, 6.45) is 7.74. The summed E-state index contributed by atoms with van der Waals surface area (Å²) in [7, 11) is 0. The van der Waals surface area contributed by atoms with Crippen molar-refractivity contribution in [3.05, 3.63) is 18.0 Å². The maximum Gasteiger partial charge on any atom is 0.254 e. The molecule has 0 unspecified atom stereocenters. The zero-order valence-corrected chi connectivity index (χ0v) is 16.7. The second-order valence-electron chi connectivity index (χ2n) is 7.31. The number of pyridine rings is 1. The summed E-state index contributed by atoms with van der Waals surface area (Å²) in [5, 5.41) is 15.5. The average molecular weight is 373 g/mol. The highest BCUT2D eigenvalue weighted by molar-refractivity contribution is 6.06. The Kier molecular flexibility index (Phi) is 6.66. The first kappa shape index (κ1) is 19.6. The Morgan fingerprint density at radius 1 is 1.26 bits per heavy atom. The molecule has 0 saturated carbocycles. The molecule has 7 heteroatoms. The van der Waals surface area contributed by atoms with E-state index < -0.39 is 0 Å². The minimum absolute atomic E-state index is 0.0583. The minimum Gasteiger partial charge on any atom is -0.381 e. The molecule has 2 aromatic heterocycles. The number of hydrogen-bond donors (Lipinski definition) is 3. The number of aromatic nitrogens is 3. The number of amides is 1. The molecule has 0 radical (unpaired) electrons. The first-order valence-electron chi connectivity index (χ1n) is 10.3. The van der Waals surface area contributed by atoms with E-state index >= 15 is 0 Å². The van der Waals surface area contributed by atoms with Crippen LogP contribution in [0.15, 0.2) is 12.4 Å². The van der Waals surface area contributed by atoms with E-state index in [1.807, 2.05) is 17.8 Å². The van der Waals surface area contributed by atoms with Crippen LogP contribution >= 0.6 is 0 Å². The van der Waals surface area contributed by atoms with Crippen LogP contribution in [0.2, 0.25) is 0 Å². The van der Waals surface area contributed by atoms with Gasteiger partial charge >= 0.3 is 0 Å². The van der Waals surface area contributed by atoms with Crippen molar-refractivity contribution in [2.75, 3.05) is 25.0 Å². The lowest BCUT2D eigenvalue weighted by Crippen LogP contribution is -2.36. The Hall–Kier alpha value is -2.15. The Morgan fingerprint density at radius 2 is 2.00 bits per heavy atom. The smallest absolute Gasteiger partial charge is 0.254 e. The minimum atomic E-state index is -0.0583. The Bertz CT molecular complexity index is 761. The molecule has 7 nitrogen and oxygen atoms in total. The highest BCUT2D eigenvalue weighted by Gasteiger charge is 2.22. The van der Waals surface area contributed by atoms with Crippen molar-refractivity contribution in [2.45, 2.75) is 59.0 Å². The summed E-state index contributed by atoms with van der Waals surface area (Å²) >= 11 is 0. The molecule has 2 aromatic rings.